The SMILES string of the molecule is CC(F)(F)[C@H](O)CCN. The molecule has 0 heterocycles. The van der Waals surface area contributed by atoms with E-state index in [-0.39, 0.29) is 13.0 Å². The fraction of sp³-hybridized carbons (Fsp3) is 1.00. The molecule has 0 aliphatic heterocycles. The third-order valence-electron chi connectivity index (χ3n) is 1.03. The van der Waals surface area contributed by atoms with E-state index in [1.54, 1.807) is 0 Å². The van der Waals surface area contributed by atoms with Gasteiger partial charge < -0.3 is 10.8 Å². The van der Waals surface area contributed by atoms with Crippen LogP contribution in [-0.4, -0.2) is 23.7 Å². The lowest BCUT2D eigenvalue weighted by molar-refractivity contribution is -0.0946. The van der Waals surface area contributed by atoms with Gasteiger partial charge in [-0.3, -0.25) is 0 Å². The summed E-state index contributed by atoms with van der Waals surface area (Å²) in [7, 11) is 0. The molecule has 4 heteroatoms. The molecule has 0 saturated carbocycles. The first-order chi connectivity index (χ1) is 3.98. The fourth-order valence-electron chi connectivity index (χ4n) is 0.411. The van der Waals surface area contributed by atoms with Crippen LogP contribution in [0.2, 0.25) is 0 Å². The summed E-state index contributed by atoms with van der Waals surface area (Å²) in [6, 6.07) is 0. The Labute approximate surface area is 52.7 Å². The molecular formula is C5H11F2NO. The first-order valence-corrected chi connectivity index (χ1v) is 2.74. The molecule has 9 heavy (non-hydrogen) atoms. The summed E-state index contributed by atoms with van der Waals surface area (Å²) < 4.78 is 24.0. The lowest BCUT2D eigenvalue weighted by Gasteiger charge is -2.16. The van der Waals surface area contributed by atoms with Crippen molar-refractivity contribution in [3.05, 3.63) is 0 Å². The molecule has 0 saturated heterocycles. The Morgan fingerprint density at radius 1 is 1.67 bits per heavy atom. The predicted molar refractivity (Wildman–Crippen MR) is 30.3 cm³/mol. The van der Waals surface area contributed by atoms with E-state index >= 15 is 0 Å². The quantitative estimate of drug-likeness (QED) is 0.592. The van der Waals surface area contributed by atoms with Gasteiger partial charge in [0.1, 0.15) is 6.10 Å². The van der Waals surface area contributed by atoms with Crippen molar-refractivity contribution in [2.45, 2.75) is 25.4 Å². The molecule has 0 aliphatic carbocycles. The van der Waals surface area contributed by atoms with Gasteiger partial charge in [-0.1, -0.05) is 0 Å². The molecule has 0 aliphatic rings. The van der Waals surface area contributed by atoms with E-state index in [2.05, 4.69) is 0 Å². The van der Waals surface area contributed by atoms with Gasteiger partial charge in [0, 0.05) is 6.92 Å². The summed E-state index contributed by atoms with van der Waals surface area (Å²) in [5.41, 5.74) is 4.93. The highest BCUT2D eigenvalue weighted by Gasteiger charge is 2.31. The van der Waals surface area contributed by atoms with Crippen molar-refractivity contribution in [1.29, 1.82) is 0 Å². The van der Waals surface area contributed by atoms with Crippen LogP contribution < -0.4 is 5.73 Å². The highest BCUT2D eigenvalue weighted by molar-refractivity contribution is 4.70. The maximum absolute atomic E-state index is 12.0. The molecular weight excluding hydrogens is 128 g/mol. The first-order valence-electron chi connectivity index (χ1n) is 2.74. The number of hydrogen-bond donors (Lipinski definition) is 2. The molecule has 0 bridgehead atoms. The van der Waals surface area contributed by atoms with Crippen molar-refractivity contribution < 1.29 is 13.9 Å². The standard InChI is InChI=1S/C5H11F2NO/c1-5(6,7)4(9)2-3-8/h4,9H,2-3,8H2,1H3/t4-/m1/s1. The number of rotatable bonds is 3. The minimum Gasteiger partial charge on any atom is -0.387 e. The average Bonchev–Trinajstić information content (AvgIpc) is 1.64. The van der Waals surface area contributed by atoms with Gasteiger partial charge in [-0.2, -0.15) is 0 Å². The second-order valence-electron chi connectivity index (χ2n) is 2.05. The zero-order valence-electron chi connectivity index (χ0n) is 5.27. The van der Waals surface area contributed by atoms with Crippen LogP contribution in [-0.2, 0) is 0 Å². The molecule has 0 radical (unpaired) electrons. The van der Waals surface area contributed by atoms with E-state index in [0.29, 0.717) is 6.92 Å². The summed E-state index contributed by atoms with van der Waals surface area (Å²) in [5.74, 6) is -3.01. The Balaban J connectivity index is 3.59. The van der Waals surface area contributed by atoms with Crippen LogP contribution in [0.4, 0.5) is 8.78 Å². The molecule has 2 nitrogen and oxygen atoms in total. The summed E-state index contributed by atoms with van der Waals surface area (Å²) >= 11 is 0. The third-order valence-corrected chi connectivity index (χ3v) is 1.03. The van der Waals surface area contributed by atoms with E-state index < -0.39 is 12.0 Å². The van der Waals surface area contributed by atoms with Gasteiger partial charge in [-0.15, -0.1) is 0 Å². The monoisotopic (exact) mass is 139 g/mol. The van der Waals surface area contributed by atoms with Crippen molar-refractivity contribution in [2.75, 3.05) is 6.54 Å². The molecule has 0 unspecified atom stereocenters. The van der Waals surface area contributed by atoms with Crippen LogP contribution in [0.5, 0.6) is 0 Å². The van der Waals surface area contributed by atoms with Crippen molar-refractivity contribution in [3.8, 4) is 0 Å². The molecule has 56 valence electrons. The van der Waals surface area contributed by atoms with E-state index in [4.69, 9.17) is 10.8 Å². The summed E-state index contributed by atoms with van der Waals surface area (Å²) in [5, 5.41) is 8.56. The van der Waals surface area contributed by atoms with Crippen LogP contribution in [0.15, 0.2) is 0 Å². The number of nitrogens with two attached hydrogens (primary N) is 1. The maximum atomic E-state index is 12.0. The van der Waals surface area contributed by atoms with E-state index in [9.17, 15) is 8.78 Å². The normalized spacial score (nSPS) is 15.7. The van der Waals surface area contributed by atoms with Crippen LogP contribution in [0, 0.1) is 0 Å². The second kappa shape index (κ2) is 3.08. The molecule has 0 amide bonds. The van der Waals surface area contributed by atoms with Crippen molar-refractivity contribution in [2.24, 2.45) is 5.73 Å². The van der Waals surface area contributed by atoms with E-state index in [1.807, 2.05) is 0 Å². The van der Waals surface area contributed by atoms with Gasteiger partial charge in [0.25, 0.3) is 5.92 Å². The third kappa shape index (κ3) is 3.37. The second-order valence-corrected chi connectivity index (χ2v) is 2.05. The van der Waals surface area contributed by atoms with Gasteiger partial charge >= 0.3 is 0 Å². The van der Waals surface area contributed by atoms with Crippen molar-refractivity contribution >= 4 is 0 Å². The predicted octanol–water partition coefficient (Wildman–Crippen LogP) is 0.351. The molecule has 3 N–H and O–H groups in total. The molecule has 0 aromatic rings. The zero-order chi connectivity index (χ0) is 7.49. The number of hydrogen-bond acceptors (Lipinski definition) is 2. The Kier molecular flexibility index (Phi) is 3.00. The molecule has 0 rings (SSSR count). The molecule has 0 aromatic heterocycles. The number of halogens is 2. The Morgan fingerprint density at radius 3 is 2.22 bits per heavy atom. The fourth-order valence-corrected chi connectivity index (χ4v) is 0.411. The highest BCUT2D eigenvalue weighted by Crippen LogP contribution is 2.18. The van der Waals surface area contributed by atoms with Gasteiger partial charge in [0.15, 0.2) is 0 Å². The summed E-state index contributed by atoms with van der Waals surface area (Å²) in [6.45, 7) is 0.762. The Hall–Kier alpha value is -0.220. The van der Waals surface area contributed by atoms with Gasteiger partial charge in [0.2, 0.25) is 0 Å². The lowest BCUT2D eigenvalue weighted by atomic mass is 10.1. The minimum atomic E-state index is -3.01. The molecule has 0 aromatic carbocycles. The van der Waals surface area contributed by atoms with Crippen molar-refractivity contribution in [3.63, 3.8) is 0 Å². The average molecular weight is 139 g/mol. The molecule has 0 spiro atoms. The highest BCUT2D eigenvalue weighted by atomic mass is 19.3. The van der Waals surface area contributed by atoms with Gasteiger partial charge in [-0.05, 0) is 13.0 Å². The van der Waals surface area contributed by atoms with Gasteiger partial charge in [-0.25, -0.2) is 8.78 Å². The molecule has 1 atom stereocenters. The van der Waals surface area contributed by atoms with Crippen LogP contribution in [0.25, 0.3) is 0 Å². The van der Waals surface area contributed by atoms with Gasteiger partial charge in [0.05, 0.1) is 0 Å². The van der Waals surface area contributed by atoms with Crippen LogP contribution >= 0.6 is 0 Å². The summed E-state index contributed by atoms with van der Waals surface area (Å²) in [4.78, 5) is 0. The zero-order valence-corrected chi connectivity index (χ0v) is 5.27. The lowest BCUT2D eigenvalue weighted by Crippen LogP contribution is -2.31. The summed E-state index contributed by atoms with van der Waals surface area (Å²) in [6.07, 6.45) is -1.65. The Morgan fingerprint density at radius 2 is 2.11 bits per heavy atom. The van der Waals surface area contributed by atoms with Crippen LogP contribution in [0.1, 0.15) is 13.3 Å². The largest absolute Gasteiger partial charge is 0.387 e. The topological polar surface area (TPSA) is 46.2 Å². The molecule has 0 fully saturated rings. The van der Waals surface area contributed by atoms with E-state index in [1.165, 1.54) is 0 Å². The number of alkyl halides is 2. The van der Waals surface area contributed by atoms with Crippen molar-refractivity contribution in [1.82, 2.24) is 0 Å². The smallest absolute Gasteiger partial charge is 0.270 e. The Bertz CT molecular complexity index is 81.5. The first kappa shape index (κ1) is 8.78. The minimum absolute atomic E-state index is 0.0521. The van der Waals surface area contributed by atoms with E-state index in [0.717, 1.165) is 0 Å². The van der Waals surface area contributed by atoms with Crippen LogP contribution in [0.3, 0.4) is 0 Å². The number of aliphatic hydroxyl groups is 1. The number of aliphatic hydroxyl groups excluding tert-OH is 1. The maximum Gasteiger partial charge on any atom is 0.270 e.